The fourth-order valence-electron chi connectivity index (χ4n) is 0.625. The van der Waals surface area contributed by atoms with Crippen LogP contribution in [-0.4, -0.2) is 33.3 Å². The van der Waals surface area contributed by atoms with Crippen LogP contribution in [0.3, 0.4) is 0 Å². The van der Waals surface area contributed by atoms with Crippen LogP contribution in [0.25, 0.3) is 0 Å². The molecule has 0 rings (SSSR count). The second kappa shape index (κ2) is 5.50. The minimum atomic E-state index is -3.07. The molecule has 0 saturated carbocycles. The van der Waals surface area contributed by atoms with E-state index >= 15 is 0 Å². The van der Waals surface area contributed by atoms with Crippen molar-refractivity contribution in [1.29, 1.82) is 0 Å². The Hall–Kier alpha value is -0.130. The smallest absolute Gasteiger partial charge is 0.213 e. The summed E-state index contributed by atoms with van der Waals surface area (Å²) in [5.41, 5.74) is 0. The van der Waals surface area contributed by atoms with Crippen LogP contribution in [0.5, 0.6) is 0 Å². The molecule has 0 aliphatic rings. The van der Waals surface area contributed by atoms with Crippen LogP contribution in [0.15, 0.2) is 0 Å². The van der Waals surface area contributed by atoms with Gasteiger partial charge < -0.3 is 5.32 Å². The van der Waals surface area contributed by atoms with Crippen LogP contribution in [0, 0.1) is 0 Å². The van der Waals surface area contributed by atoms with Crippen molar-refractivity contribution in [1.82, 2.24) is 10.0 Å². The average Bonchev–Trinajstić information content (AvgIpc) is 1.98. The molecule has 0 aromatic carbocycles. The van der Waals surface area contributed by atoms with E-state index in [0.29, 0.717) is 13.1 Å². The van der Waals surface area contributed by atoms with Gasteiger partial charge in [-0.2, -0.15) is 0 Å². The molecule has 0 unspecified atom stereocenters. The maximum Gasteiger partial charge on any atom is 0.213 e. The normalized spacial score (nSPS) is 12.3. The van der Waals surface area contributed by atoms with E-state index < -0.39 is 10.0 Å². The van der Waals surface area contributed by atoms with E-state index in [2.05, 4.69) is 10.0 Å². The first-order valence-corrected chi connectivity index (χ1v) is 5.74. The quantitative estimate of drug-likeness (QED) is 0.582. The average molecular weight is 194 g/mol. The monoisotopic (exact) mass is 194 g/mol. The zero-order valence-corrected chi connectivity index (χ0v) is 8.74. The van der Waals surface area contributed by atoms with Crippen molar-refractivity contribution in [3.63, 3.8) is 0 Å². The number of nitrogens with one attached hydrogen (secondary N) is 2. The molecule has 0 bridgehead atoms. The predicted molar refractivity (Wildman–Crippen MR) is 50.6 cm³/mol. The van der Waals surface area contributed by atoms with E-state index in [1.54, 1.807) is 13.8 Å². The van der Waals surface area contributed by atoms with Crippen molar-refractivity contribution >= 4 is 10.0 Å². The standard InChI is InChI=1S/C7H18N2O2S/c1-4-8-5-6-9-12(10,11)7(2)3/h7-9H,4-6H2,1-3H3. The highest BCUT2D eigenvalue weighted by atomic mass is 32.2. The molecule has 0 radical (unpaired) electrons. The third kappa shape index (κ3) is 4.69. The maximum absolute atomic E-state index is 11.2. The molecular formula is C7H18N2O2S. The molecule has 0 atom stereocenters. The van der Waals surface area contributed by atoms with Crippen molar-refractivity contribution in [2.24, 2.45) is 0 Å². The molecule has 74 valence electrons. The van der Waals surface area contributed by atoms with E-state index in [9.17, 15) is 8.42 Å². The zero-order chi connectivity index (χ0) is 9.61. The van der Waals surface area contributed by atoms with E-state index in [1.807, 2.05) is 6.92 Å². The molecule has 0 fully saturated rings. The first-order valence-electron chi connectivity index (χ1n) is 4.20. The second-order valence-electron chi connectivity index (χ2n) is 2.84. The summed E-state index contributed by atoms with van der Waals surface area (Å²) in [6.07, 6.45) is 0. The lowest BCUT2D eigenvalue weighted by molar-refractivity contribution is 0.568. The molecule has 12 heavy (non-hydrogen) atoms. The van der Waals surface area contributed by atoms with Crippen LogP contribution in [-0.2, 0) is 10.0 Å². The van der Waals surface area contributed by atoms with Crippen LogP contribution in [0.1, 0.15) is 20.8 Å². The van der Waals surface area contributed by atoms with Gasteiger partial charge in [0.25, 0.3) is 0 Å². The Morgan fingerprint density at radius 3 is 2.25 bits per heavy atom. The molecule has 0 aliphatic carbocycles. The molecule has 4 nitrogen and oxygen atoms in total. The summed E-state index contributed by atoms with van der Waals surface area (Å²) in [7, 11) is -3.07. The minimum absolute atomic E-state index is 0.348. The number of hydrogen-bond acceptors (Lipinski definition) is 3. The van der Waals surface area contributed by atoms with Crippen molar-refractivity contribution in [2.45, 2.75) is 26.0 Å². The molecule has 5 heteroatoms. The fourth-order valence-corrected chi connectivity index (χ4v) is 1.35. The summed E-state index contributed by atoms with van der Waals surface area (Å²) < 4.78 is 24.8. The number of rotatable bonds is 6. The minimum Gasteiger partial charge on any atom is -0.316 e. The van der Waals surface area contributed by atoms with E-state index in [0.717, 1.165) is 6.54 Å². The first kappa shape index (κ1) is 11.9. The first-order chi connectivity index (χ1) is 5.50. The largest absolute Gasteiger partial charge is 0.316 e. The van der Waals surface area contributed by atoms with Crippen molar-refractivity contribution in [3.05, 3.63) is 0 Å². The van der Waals surface area contributed by atoms with Crippen molar-refractivity contribution < 1.29 is 8.42 Å². The molecule has 2 N–H and O–H groups in total. The van der Waals surface area contributed by atoms with Gasteiger partial charge in [-0.05, 0) is 20.4 Å². The molecule has 0 saturated heterocycles. The van der Waals surface area contributed by atoms with Crippen molar-refractivity contribution in [2.75, 3.05) is 19.6 Å². The van der Waals surface area contributed by atoms with Crippen LogP contribution >= 0.6 is 0 Å². The Morgan fingerprint density at radius 2 is 1.83 bits per heavy atom. The molecule has 0 heterocycles. The number of hydrogen-bond donors (Lipinski definition) is 2. The molecule has 0 aliphatic heterocycles. The van der Waals surface area contributed by atoms with Gasteiger partial charge in [-0.25, -0.2) is 13.1 Å². The van der Waals surface area contributed by atoms with Gasteiger partial charge in [0.2, 0.25) is 10.0 Å². The van der Waals surface area contributed by atoms with Gasteiger partial charge >= 0.3 is 0 Å². The number of likely N-dealkylation sites (N-methyl/N-ethyl adjacent to an activating group) is 1. The van der Waals surface area contributed by atoms with E-state index in [1.165, 1.54) is 0 Å². The molecular weight excluding hydrogens is 176 g/mol. The lowest BCUT2D eigenvalue weighted by atomic mass is 10.6. The number of sulfonamides is 1. The zero-order valence-electron chi connectivity index (χ0n) is 7.92. The fraction of sp³-hybridized carbons (Fsp3) is 1.00. The van der Waals surface area contributed by atoms with Gasteiger partial charge in [0.15, 0.2) is 0 Å². The summed E-state index contributed by atoms with van der Waals surface area (Å²) >= 11 is 0. The van der Waals surface area contributed by atoms with Gasteiger partial charge in [0.1, 0.15) is 0 Å². The highest BCUT2D eigenvalue weighted by molar-refractivity contribution is 7.90. The highest BCUT2D eigenvalue weighted by Gasteiger charge is 2.13. The Balaban J connectivity index is 3.63. The molecule has 0 aromatic heterocycles. The second-order valence-corrected chi connectivity index (χ2v) is 5.16. The highest BCUT2D eigenvalue weighted by Crippen LogP contribution is 1.93. The topological polar surface area (TPSA) is 58.2 Å². The molecule has 0 amide bonds. The van der Waals surface area contributed by atoms with E-state index in [-0.39, 0.29) is 5.25 Å². The Morgan fingerprint density at radius 1 is 1.25 bits per heavy atom. The van der Waals surface area contributed by atoms with Crippen molar-refractivity contribution in [3.8, 4) is 0 Å². The Kier molecular flexibility index (Phi) is 5.44. The van der Waals surface area contributed by atoms with Crippen LogP contribution in [0.4, 0.5) is 0 Å². The Labute approximate surface area is 74.8 Å². The van der Waals surface area contributed by atoms with Gasteiger partial charge in [-0.15, -0.1) is 0 Å². The van der Waals surface area contributed by atoms with Gasteiger partial charge in [0, 0.05) is 13.1 Å². The molecule has 0 spiro atoms. The van der Waals surface area contributed by atoms with Gasteiger partial charge in [0.05, 0.1) is 5.25 Å². The van der Waals surface area contributed by atoms with Crippen LogP contribution in [0.2, 0.25) is 0 Å². The van der Waals surface area contributed by atoms with Gasteiger partial charge in [-0.1, -0.05) is 6.92 Å². The summed E-state index contributed by atoms with van der Waals surface area (Å²) in [5.74, 6) is 0. The van der Waals surface area contributed by atoms with E-state index in [4.69, 9.17) is 0 Å². The summed E-state index contributed by atoms with van der Waals surface area (Å²) in [6.45, 7) is 7.32. The third-order valence-electron chi connectivity index (χ3n) is 1.48. The third-order valence-corrected chi connectivity index (χ3v) is 3.32. The van der Waals surface area contributed by atoms with Gasteiger partial charge in [-0.3, -0.25) is 0 Å². The lowest BCUT2D eigenvalue weighted by Crippen LogP contribution is -2.35. The van der Waals surface area contributed by atoms with Crippen LogP contribution < -0.4 is 10.0 Å². The summed E-state index contributed by atoms with van der Waals surface area (Å²) in [5, 5.41) is 2.68. The summed E-state index contributed by atoms with van der Waals surface area (Å²) in [4.78, 5) is 0. The SMILES string of the molecule is CCNCCNS(=O)(=O)C(C)C. The lowest BCUT2D eigenvalue weighted by Gasteiger charge is -2.08. The summed E-state index contributed by atoms with van der Waals surface area (Å²) in [6, 6.07) is 0. The Bertz CT molecular complexity index is 199. The predicted octanol–water partition coefficient (Wildman–Crippen LogP) is -0.0763. The maximum atomic E-state index is 11.2. The molecule has 0 aromatic rings.